The summed E-state index contributed by atoms with van der Waals surface area (Å²) >= 11 is 0. The number of nitrogens with one attached hydrogen (secondary N) is 1. The maximum atomic E-state index is 12.8. The molecular weight excluding hydrogens is 350 g/mol. The zero-order valence-electron chi connectivity index (χ0n) is 17.4. The highest BCUT2D eigenvalue weighted by Crippen LogP contribution is 2.34. The number of piperidine rings is 2. The zero-order valence-corrected chi connectivity index (χ0v) is 17.4. The summed E-state index contributed by atoms with van der Waals surface area (Å²) in [6.07, 6.45) is 5.60. The zero-order chi connectivity index (χ0) is 19.7. The van der Waals surface area contributed by atoms with Gasteiger partial charge in [-0.3, -0.25) is 9.69 Å². The van der Waals surface area contributed by atoms with Gasteiger partial charge in [-0.15, -0.1) is 0 Å². The molecular formula is C23H33N3O2. The van der Waals surface area contributed by atoms with E-state index < -0.39 is 0 Å². The molecule has 2 atom stereocenters. The summed E-state index contributed by atoms with van der Waals surface area (Å²) < 4.78 is 5.40. The standard InChI is InChI=1S/C23H33N3O2/c1-16-10-17(2)14-26(13-16)23(27)15-25-8-6-18(7-9-25)21-12-24-22-5-4-19(28-3)11-20(21)22/h4-5,11-12,16-18,24H,6-10,13-15H2,1-3H3. The van der Waals surface area contributed by atoms with Gasteiger partial charge in [0.1, 0.15) is 5.75 Å². The molecule has 5 heteroatoms. The first-order valence-corrected chi connectivity index (χ1v) is 10.7. The van der Waals surface area contributed by atoms with Crippen molar-refractivity contribution < 1.29 is 9.53 Å². The first kappa shape index (κ1) is 19.3. The van der Waals surface area contributed by atoms with Crippen LogP contribution in [0.5, 0.6) is 5.75 Å². The quantitative estimate of drug-likeness (QED) is 0.872. The van der Waals surface area contributed by atoms with Crippen LogP contribution in [0.15, 0.2) is 24.4 Å². The molecule has 0 bridgehead atoms. The molecule has 5 nitrogen and oxygen atoms in total. The molecule has 2 aliphatic heterocycles. The van der Waals surface area contributed by atoms with Crippen molar-refractivity contribution in [2.24, 2.45) is 11.8 Å². The SMILES string of the molecule is COc1ccc2[nH]cc(C3CCN(CC(=O)N4CC(C)CC(C)C4)CC3)c2c1. The van der Waals surface area contributed by atoms with Gasteiger partial charge in [-0.05, 0) is 73.9 Å². The Morgan fingerprint density at radius 2 is 1.89 bits per heavy atom. The van der Waals surface area contributed by atoms with Crippen molar-refractivity contribution in [3.8, 4) is 5.75 Å². The van der Waals surface area contributed by atoms with Gasteiger partial charge in [0, 0.05) is 30.2 Å². The third kappa shape index (κ3) is 4.04. The van der Waals surface area contributed by atoms with E-state index in [9.17, 15) is 4.79 Å². The van der Waals surface area contributed by atoms with Gasteiger partial charge < -0.3 is 14.6 Å². The minimum Gasteiger partial charge on any atom is -0.497 e. The normalized spacial score (nSPS) is 24.6. The van der Waals surface area contributed by atoms with Crippen LogP contribution in [0.4, 0.5) is 0 Å². The highest BCUT2D eigenvalue weighted by atomic mass is 16.5. The number of hydrogen-bond donors (Lipinski definition) is 1. The third-order valence-electron chi connectivity index (χ3n) is 6.53. The average Bonchev–Trinajstić information content (AvgIpc) is 3.11. The lowest BCUT2D eigenvalue weighted by Gasteiger charge is -2.37. The molecule has 28 heavy (non-hydrogen) atoms. The number of amides is 1. The lowest BCUT2D eigenvalue weighted by Crippen LogP contribution is -2.48. The fourth-order valence-electron chi connectivity index (χ4n) is 5.15. The fraction of sp³-hybridized carbons (Fsp3) is 0.609. The Hall–Kier alpha value is -2.01. The largest absolute Gasteiger partial charge is 0.497 e. The number of ether oxygens (including phenoxy) is 1. The summed E-state index contributed by atoms with van der Waals surface area (Å²) in [6, 6.07) is 6.22. The molecule has 0 spiro atoms. The van der Waals surface area contributed by atoms with Crippen molar-refractivity contribution in [3.63, 3.8) is 0 Å². The monoisotopic (exact) mass is 383 g/mol. The summed E-state index contributed by atoms with van der Waals surface area (Å²) in [7, 11) is 1.72. The highest BCUT2D eigenvalue weighted by molar-refractivity contribution is 5.85. The van der Waals surface area contributed by atoms with Gasteiger partial charge in [-0.1, -0.05) is 13.8 Å². The number of carbonyl (C=O) groups excluding carboxylic acids is 1. The molecule has 1 N–H and O–H groups in total. The number of carbonyl (C=O) groups is 1. The van der Waals surface area contributed by atoms with Crippen LogP contribution in [0.3, 0.4) is 0 Å². The second kappa shape index (κ2) is 8.16. The Morgan fingerprint density at radius 1 is 1.18 bits per heavy atom. The number of benzene rings is 1. The molecule has 4 rings (SSSR count). The molecule has 2 aliphatic rings. The molecule has 1 aromatic heterocycles. The van der Waals surface area contributed by atoms with E-state index in [1.807, 2.05) is 6.07 Å². The second-order valence-electron chi connectivity index (χ2n) is 8.95. The molecule has 3 heterocycles. The molecule has 0 aliphatic carbocycles. The Bertz CT molecular complexity index is 812. The number of fused-ring (bicyclic) bond motifs is 1. The molecule has 0 radical (unpaired) electrons. The van der Waals surface area contributed by atoms with Gasteiger partial charge >= 0.3 is 0 Å². The fourth-order valence-corrected chi connectivity index (χ4v) is 5.15. The average molecular weight is 384 g/mol. The van der Waals surface area contributed by atoms with Gasteiger partial charge in [0.25, 0.3) is 0 Å². The van der Waals surface area contributed by atoms with Crippen LogP contribution in [0, 0.1) is 11.8 Å². The Kier molecular flexibility index (Phi) is 5.63. The van der Waals surface area contributed by atoms with E-state index in [0.29, 0.717) is 30.2 Å². The van der Waals surface area contributed by atoms with Crippen LogP contribution < -0.4 is 4.74 Å². The van der Waals surface area contributed by atoms with Gasteiger partial charge in [-0.25, -0.2) is 0 Å². The van der Waals surface area contributed by atoms with E-state index in [1.165, 1.54) is 22.9 Å². The van der Waals surface area contributed by atoms with Crippen LogP contribution >= 0.6 is 0 Å². The summed E-state index contributed by atoms with van der Waals surface area (Å²) in [6.45, 7) is 8.94. The van der Waals surface area contributed by atoms with Crippen LogP contribution in [0.2, 0.25) is 0 Å². The number of rotatable bonds is 4. The number of aromatic amines is 1. The Balaban J connectivity index is 1.35. The molecule has 0 saturated carbocycles. The number of likely N-dealkylation sites (tertiary alicyclic amines) is 2. The van der Waals surface area contributed by atoms with Gasteiger partial charge in [0.15, 0.2) is 0 Å². The smallest absolute Gasteiger partial charge is 0.236 e. The Morgan fingerprint density at radius 3 is 2.57 bits per heavy atom. The molecule has 2 aromatic rings. The van der Waals surface area contributed by atoms with E-state index in [0.717, 1.165) is 44.8 Å². The number of H-pyrrole nitrogens is 1. The first-order valence-electron chi connectivity index (χ1n) is 10.7. The van der Waals surface area contributed by atoms with E-state index in [2.05, 4.69) is 47.0 Å². The maximum Gasteiger partial charge on any atom is 0.236 e. The van der Waals surface area contributed by atoms with Crippen molar-refractivity contribution >= 4 is 16.8 Å². The minimum atomic E-state index is 0.314. The lowest BCUT2D eigenvalue weighted by molar-refractivity contribution is -0.135. The van der Waals surface area contributed by atoms with Crippen LogP contribution in [-0.2, 0) is 4.79 Å². The van der Waals surface area contributed by atoms with Crippen LogP contribution in [-0.4, -0.2) is 60.5 Å². The molecule has 2 saturated heterocycles. The number of hydrogen-bond acceptors (Lipinski definition) is 3. The van der Waals surface area contributed by atoms with Crippen LogP contribution in [0.1, 0.15) is 44.6 Å². The number of nitrogens with zero attached hydrogens (tertiary/aromatic N) is 2. The summed E-state index contributed by atoms with van der Waals surface area (Å²) in [4.78, 5) is 20.6. The number of methoxy groups -OCH3 is 1. The van der Waals surface area contributed by atoms with Crippen molar-refractivity contribution in [1.29, 1.82) is 0 Å². The summed E-state index contributed by atoms with van der Waals surface area (Å²) in [5.41, 5.74) is 2.56. The topological polar surface area (TPSA) is 48.6 Å². The highest BCUT2D eigenvalue weighted by Gasteiger charge is 2.28. The predicted molar refractivity (Wildman–Crippen MR) is 113 cm³/mol. The van der Waals surface area contributed by atoms with E-state index in [-0.39, 0.29) is 0 Å². The molecule has 1 amide bonds. The van der Waals surface area contributed by atoms with Crippen LogP contribution in [0.25, 0.3) is 10.9 Å². The van der Waals surface area contributed by atoms with Crippen molar-refractivity contribution in [3.05, 3.63) is 30.0 Å². The van der Waals surface area contributed by atoms with Crippen molar-refractivity contribution in [1.82, 2.24) is 14.8 Å². The second-order valence-corrected chi connectivity index (χ2v) is 8.95. The van der Waals surface area contributed by atoms with E-state index in [4.69, 9.17) is 4.74 Å². The molecule has 2 fully saturated rings. The molecule has 1 aromatic carbocycles. The number of aromatic nitrogens is 1. The van der Waals surface area contributed by atoms with Gasteiger partial charge in [0.05, 0.1) is 13.7 Å². The van der Waals surface area contributed by atoms with Gasteiger partial charge in [0.2, 0.25) is 5.91 Å². The minimum absolute atomic E-state index is 0.314. The van der Waals surface area contributed by atoms with E-state index in [1.54, 1.807) is 7.11 Å². The lowest BCUT2D eigenvalue weighted by atomic mass is 9.89. The van der Waals surface area contributed by atoms with Gasteiger partial charge in [-0.2, -0.15) is 0 Å². The van der Waals surface area contributed by atoms with E-state index >= 15 is 0 Å². The molecule has 152 valence electrons. The summed E-state index contributed by atoms with van der Waals surface area (Å²) in [5.74, 6) is 3.01. The predicted octanol–water partition coefficient (Wildman–Crippen LogP) is 3.86. The molecule has 2 unspecified atom stereocenters. The Labute approximate surface area is 168 Å². The van der Waals surface area contributed by atoms with Crippen molar-refractivity contribution in [2.45, 2.75) is 39.0 Å². The van der Waals surface area contributed by atoms with Crippen molar-refractivity contribution in [2.75, 3.05) is 39.8 Å². The maximum absolute atomic E-state index is 12.8. The first-order chi connectivity index (χ1) is 13.5. The third-order valence-corrected chi connectivity index (χ3v) is 6.53. The summed E-state index contributed by atoms with van der Waals surface area (Å²) in [5, 5.41) is 1.27.